The Hall–Kier alpha value is -2.04. The molecule has 0 saturated heterocycles. The lowest BCUT2D eigenvalue weighted by molar-refractivity contribution is 0.0514. The Bertz CT molecular complexity index is 759. The van der Waals surface area contributed by atoms with E-state index in [9.17, 15) is 4.79 Å². The molecule has 1 heterocycles. The quantitative estimate of drug-likeness (QED) is 0.606. The summed E-state index contributed by atoms with van der Waals surface area (Å²) in [5.41, 5.74) is 1.80. The molecule has 0 N–H and O–H groups in total. The van der Waals surface area contributed by atoms with E-state index in [1.54, 1.807) is 0 Å². The van der Waals surface area contributed by atoms with Gasteiger partial charge in [0.25, 0.3) is 0 Å². The summed E-state index contributed by atoms with van der Waals surface area (Å²) in [6.45, 7) is 0.500. The molecule has 112 valence electrons. The number of hydrogen-bond acceptors (Lipinski definition) is 4. The Labute approximate surface area is 137 Å². The van der Waals surface area contributed by atoms with Gasteiger partial charge in [-0.3, -0.25) is 0 Å². The maximum Gasteiger partial charge on any atom is 0.365 e. The number of ether oxygens (including phenoxy) is 1. The van der Waals surface area contributed by atoms with E-state index >= 15 is 0 Å². The second kappa shape index (κ2) is 6.38. The maximum absolute atomic E-state index is 12.0. The summed E-state index contributed by atoms with van der Waals surface area (Å²) in [5, 5.41) is 4.63. The maximum atomic E-state index is 12.0. The number of hydrogen-bond donors (Lipinski definition) is 0. The summed E-state index contributed by atoms with van der Waals surface area (Å²) in [6, 6.07) is 12.0. The molecule has 2 aromatic carbocycles. The predicted molar refractivity (Wildman–Crippen MR) is 85.0 cm³/mol. The van der Waals surface area contributed by atoms with Crippen molar-refractivity contribution in [1.29, 1.82) is 0 Å². The molecule has 0 atom stereocenters. The Morgan fingerprint density at radius 2 is 1.95 bits per heavy atom. The number of nitrogens with zero attached hydrogens (tertiary/aromatic N) is 1. The molecule has 0 bridgehead atoms. The Morgan fingerprint density at radius 3 is 2.77 bits per heavy atom. The molecule has 3 rings (SSSR count). The number of carbonyl (C=O) groups is 1. The molecule has 1 aliphatic heterocycles. The van der Waals surface area contributed by atoms with Gasteiger partial charge in [-0.2, -0.15) is 0 Å². The van der Waals surface area contributed by atoms with Gasteiger partial charge in [0.15, 0.2) is 0 Å². The number of benzene rings is 2. The van der Waals surface area contributed by atoms with Crippen LogP contribution in [0, 0.1) is 0 Å². The van der Waals surface area contributed by atoms with E-state index in [2.05, 4.69) is 5.16 Å². The summed E-state index contributed by atoms with van der Waals surface area (Å²) in [5.74, 6) is 0.146. The zero-order valence-corrected chi connectivity index (χ0v) is 12.9. The molecule has 0 saturated carbocycles. The number of oxime groups is 1. The summed E-state index contributed by atoms with van der Waals surface area (Å²) in [6.07, 6.45) is 0.575. The summed E-state index contributed by atoms with van der Waals surface area (Å²) in [4.78, 5) is 17.0. The van der Waals surface area contributed by atoms with Crippen molar-refractivity contribution in [2.24, 2.45) is 5.16 Å². The van der Waals surface area contributed by atoms with Crippen LogP contribution in [0.3, 0.4) is 0 Å². The van der Waals surface area contributed by atoms with Crippen molar-refractivity contribution in [2.75, 3.05) is 6.61 Å². The molecule has 0 aromatic heterocycles. The molecule has 0 unspecified atom stereocenters. The standard InChI is InChI=1S/C16H11Cl2NO3/c17-12-6-5-10(9-13(12)18)16(20)22-19-14-7-8-21-15-4-2-1-3-11(14)15/h1-6,9H,7-8H2. The largest absolute Gasteiger partial charge is 0.492 e. The van der Waals surface area contributed by atoms with Gasteiger partial charge in [-0.05, 0) is 30.3 Å². The van der Waals surface area contributed by atoms with E-state index in [0.29, 0.717) is 34.3 Å². The van der Waals surface area contributed by atoms with E-state index in [0.717, 1.165) is 11.3 Å². The van der Waals surface area contributed by atoms with Gasteiger partial charge in [0.05, 0.1) is 27.9 Å². The van der Waals surface area contributed by atoms with Gasteiger partial charge >= 0.3 is 5.97 Å². The first kappa shape index (κ1) is 14.9. The Kier molecular flexibility index (Phi) is 4.32. The van der Waals surface area contributed by atoms with Crippen LogP contribution in [0.5, 0.6) is 5.75 Å². The van der Waals surface area contributed by atoms with Crippen molar-refractivity contribution in [3.63, 3.8) is 0 Å². The molecule has 0 spiro atoms. The third-order valence-electron chi connectivity index (χ3n) is 3.19. The third-order valence-corrected chi connectivity index (χ3v) is 3.93. The van der Waals surface area contributed by atoms with E-state index in [-0.39, 0.29) is 0 Å². The lowest BCUT2D eigenvalue weighted by Crippen LogP contribution is -2.17. The molecular weight excluding hydrogens is 325 g/mol. The van der Waals surface area contributed by atoms with E-state index in [4.69, 9.17) is 32.8 Å². The number of carbonyl (C=O) groups excluding carboxylic acids is 1. The normalized spacial score (nSPS) is 15.1. The highest BCUT2D eigenvalue weighted by Gasteiger charge is 2.17. The molecule has 0 fully saturated rings. The number of para-hydroxylation sites is 1. The minimum Gasteiger partial charge on any atom is -0.492 e. The lowest BCUT2D eigenvalue weighted by Gasteiger charge is -2.17. The fourth-order valence-electron chi connectivity index (χ4n) is 2.09. The summed E-state index contributed by atoms with van der Waals surface area (Å²) in [7, 11) is 0. The topological polar surface area (TPSA) is 47.9 Å². The third kappa shape index (κ3) is 3.08. The zero-order valence-electron chi connectivity index (χ0n) is 11.4. The molecule has 1 aliphatic rings. The number of fused-ring (bicyclic) bond motifs is 1. The second-order valence-electron chi connectivity index (χ2n) is 4.64. The van der Waals surface area contributed by atoms with Crippen molar-refractivity contribution in [2.45, 2.75) is 6.42 Å². The van der Waals surface area contributed by atoms with Crippen LogP contribution in [-0.2, 0) is 4.84 Å². The van der Waals surface area contributed by atoms with Gasteiger partial charge in [-0.1, -0.05) is 40.5 Å². The fourth-order valence-corrected chi connectivity index (χ4v) is 2.39. The van der Waals surface area contributed by atoms with Crippen molar-refractivity contribution in [1.82, 2.24) is 0 Å². The van der Waals surface area contributed by atoms with Crippen LogP contribution in [0.4, 0.5) is 0 Å². The zero-order chi connectivity index (χ0) is 15.5. The van der Waals surface area contributed by atoms with Gasteiger partial charge in [0.2, 0.25) is 0 Å². The highest BCUT2D eigenvalue weighted by molar-refractivity contribution is 6.42. The van der Waals surface area contributed by atoms with Crippen molar-refractivity contribution in [3.8, 4) is 5.75 Å². The van der Waals surface area contributed by atoms with Crippen LogP contribution < -0.4 is 4.74 Å². The fraction of sp³-hybridized carbons (Fsp3) is 0.125. The average Bonchev–Trinajstić information content (AvgIpc) is 2.55. The lowest BCUT2D eigenvalue weighted by atomic mass is 10.0. The molecule has 0 radical (unpaired) electrons. The molecule has 2 aromatic rings. The highest BCUT2D eigenvalue weighted by Crippen LogP contribution is 2.25. The van der Waals surface area contributed by atoms with Crippen LogP contribution in [-0.4, -0.2) is 18.3 Å². The van der Waals surface area contributed by atoms with Crippen LogP contribution in [0.1, 0.15) is 22.3 Å². The number of rotatable bonds is 2. The van der Waals surface area contributed by atoms with Crippen molar-refractivity contribution < 1.29 is 14.4 Å². The SMILES string of the molecule is O=C(ON=C1CCOc2ccccc21)c1ccc(Cl)c(Cl)c1. The molecule has 22 heavy (non-hydrogen) atoms. The van der Waals surface area contributed by atoms with Gasteiger partial charge in [-0.15, -0.1) is 0 Å². The van der Waals surface area contributed by atoms with Gasteiger partial charge < -0.3 is 9.57 Å². The molecule has 0 amide bonds. The van der Waals surface area contributed by atoms with E-state index < -0.39 is 5.97 Å². The van der Waals surface area contributed by atoms with Crippen LogP contribution in [0.2, 0.25) is 10.0 Å². The molecule has 6 heteroatoms. The molecule has 0 aliphatic carbocycles. The van der Waals surface area contributed by atoms with E-state index in [1.807, 2.05) is 24.3 Å². The average molecular weight is 336 g/mol. The van der Waals surface area contributed by atoms with Gasteiger partial charge in [0.1, 0.15) is 5.75 Å². The summed E-state index contributed by atoms with van der Waals surface area (Å²) < 4.78 is 5.52. The van der Waals surface area contributed by atoms with Gasteiger partial charge in [0, 0.05) is 12.0 Å². The Morgan fingerprint density at radius 1 is 1.14 bits per heavy atom. The minimum atomic E-state index is -0.588. The molecular formula is C16H11Cl2NO3. The monoisotopic (exact) mass is 335 g/mol. The smallest absolute Gasteiger partial charge is 0.365 e. The van der Waals surface area contributed by atoms with E-state index in [1.165, 1.54) is 18.2 Å². The van der Waals surface area contributed by atoms with Crippen LogP contribution >= 0.6 is 23.2 Å². The molecule has 4 nitrogen and oxygen atoms in total. The highest BCUT2D eigenvalue weighted by atomic mass is 35.5. The first-order valence-corrected chi connectivity index (χ1v) is 7.36. The van der Waals surface area contributed by atoms with Crippen molar-refractivity contribution >= 4 is 34.9 Å². The summed E-state index contributed by atoms with van der Waals surface area (Å²) >= 11 is 11.7. The van der Waals surface area contributed by atoms with Crippen molar-refractivity contribution in [3.05, 3.63) is 63.6 Å². The van der Waals surface area contributed by atoms with Gasteiger partial charge in [-0.25, -0.2) is 4.79 Å². The number of halogens is 2. The van der Waals surface area contributed by atoms with Crippen LogP contribution in [0.15, 0.2) is 47.6 Å². The minimum absolute atomic E-state index is 0.291. The first-order chi connectivity index (χ1) is 10.6. The second-order valence-corrected chi connectivity index (χ2v) is 5.45. The van der Waals surface area contributed by atoms with Crippen LogP contribution in [0.25, 0.3) is 0 Å². The Balaban J connectivity index is 1.79. The first-order valence-electron chi connectivity index (χ1n) is 6.60. The predicted octanol–water partition coefficient (Wildman–Crippen LogP) is 4.34.